The van der Waals surface area contributed by atoms with Crippen LogP contribution in [0.4, 0.5) is 4.79 Å². The van der Waals surface area contributed by atoms with Crippen molar-refractivity contribution >= 4 is 28.8 Å². The van der Waals surface area contributed by atoms with Crippen molar-refractivity contribution in [1.82, 2.24) is 29.6 Å². The van der Waals surface area contributed by atoms with Crippen LogP contribution in [0.25, 0.3) is 22.2 Å². The molecule has 49 heavy (non-hydrogen) atoms. The summed E-state index contributed by atoms with van der Waals surface area (Å²) in [5.74, 6) is -0.536. The van der Waals surface area contributed by atoms with Gasteiger partial charge in [0, 0.05) is 30.5 Å². The summed E-state index contributed by atoms with van der Waals surface area (Å²) in [5, 5.41) is 28.9. The standard InChI is InChI=1S/C38H36N6O5/c1-2-20-41-25-34(46)43-32(21-26-16-18-30(45)19-17-26)37(47)40(24-33(43)44(41)38(48)49)23-29-14-9-15-31-35(28-12-7-4-8-13-28)39-42(36(29)31)22-27-10-5-3-6-11-27/h2-19,32-33,45H,1,20-25H2,(H,48,49)/t32-,33-/m0/s1. The van der Waals surface area contributed by atoms with E-state index in [4.69, 9.17) is 5.10 Å². The van der Waals surface area contributed by atoms with E-state index in [2.05, 4.69) is 6.58 Å². The van der Waals surface area contributed by atoms with Gasteiger partial charge in [-0.15, -0.1) is 6.58 Å². The monoisotopic (exact) mass is 656 g/mol. The topological polar surface area (TPSA) is 122 Å². The van der Waals surface area contributed by atoms with Gasteiger partial charge in [0.1, 0.15) is 23.7 Å². The highest BCUT2D eigenvalue weighted by Gasteiger charge is 2.51. The van der Waals surface area contributed by atoms with E-state index in [1.807, 2.05) is 83.5 Å². The molecular weight excluding hydrogens is 620 g/mol. The average Bonchev–Trinajstić information content (AvgIpc) is 3.47. The Bertz CT molecular complexity index is 2010. The molecule has 4 aromatic carbocycles. The minimum absolute atomic E-state index is 0.0225. The fraction of sp³-hybridized carbons (Fsp3) is 0.211. The van der Waals surface area contributed by atoms with Gasteiger partial charge >= 0.3 is 6.09 Å². The van der Waals surface area contributed by atoms with Gasteiger partial charge in [-0.2, -0.15) is 5.10 Å². The molecule has 2 fully saturated rings. The fourth-order valence-corrected chi connectivity index (χ4v) is 7.01. The summed E-state index contributed by atoms with van der Waals surface area (Å²) >= 11 is 0. The van der Waals surface area contributed by atoms with Crippen LogP contribution in [0.3, 0.4) is 0 Å². The molecule has 0 unspecified atom stereocenters. The number of hydrogen-bond donors (Lipinski definition) is 2. The predicted molar refractivity (Wildman–Crippen MR) is 184 cm³/mol. The number of carboxylic acid groups (broad SMARTS) is 1. The molecule has 2 atom stereocenters. The number of phenols is 1. The Balaban J connectivity index is 1.32. The van der Waals surface area contributed by atoms with Crippen molar-refractivity contribution in [2.24, 2.45) is 0 Å². The van der Waals surface area contributed by atoms with Crippen molar-refractivity contribution in [2.45, 2.75) is 31.7 Å². The molecule has 5 aromatic rings. The summed E-state index contributed by atoms with van der Waals surface area (Å²) in [6.45, 7) is 4.36. The van der Waals surface area contributed by atoms with Crippen LogP contribution in [-0.4, -0.2) is 89.6 Å². The Morgan fingerprint density at radius 1 is 0.878 bits per heavy atom. The molecule has 0 saturated carbocycles. The third-order valence-corrected chi connectivity index (χ3v) is 9.17. The lowest BCUT2D eigenvalue weighted by Crippen LogP contribution is -2.75. The number of nitrogens with zero attached hydrogens (tertiary/aromatic N) is 6. The van der Waals surface area contributed by atoms with Gasteiger partial charge in [0.2, 0.25) is 11.8 Å². The Kier molecular flexibility index (Phi) is 8.58. The van der Waals surface area contributed by atoms with Crippen LogP contribution < -0.4 is 0 Å². The molecule has 1 aromatic heterocycles. The number of benzene rings is 4. The molecule has 2 saturated heterocycles. The number of aromatic nitrogens is 2. The molecule has 11 heteroatoms. The number of aromatic hydroxyl groups is 1. The number of hydrogen-bond acceptors (Lipinski definition) is 6. The largest absolute Gasteiger partial charge is 0.508 e. The number of para-hydroxylation sites is 1. The highest BCUT2D eigenvalue weighted by Crippen LogP contribution is 2.34. The zero-order chi connectivity index (χ0) is 34.1. The van der Waals surface area contributed by atoms with Gasteiger partial charge in [-0.1, -0.05) is 97.1 Å². The Hall–Kier alpha value is -5.94. The first kappa shape index (κ1) is 31.6. The molecule has 2 aliphatic heterocycles. The maximum absolute atomic E-state index is 14.5. The minimum Gasteiger partial charge on any atom is -0.508 e. The normalized spacial score (nSPS) is 18.2. The number of piperazine rings is 1. The molecule has 3 amide bonds. The van der Waals surface area contributed by atoms with E-state index in [1.165, 1.54) is 22.0 Å². The lowest BCUT2D eigenvalue weighted by Gasteiger charge is -2.54. The number of hydrazine groups is 1. The van der Waals surface area contributed by atoms with Crippen molar-refractivity contribution in [3.63, 3.8) is 0 Å². The highest BCUT2D eigenvalue weighted by molar-refractivity contribution is 5.96. The Morgan fingerprint density at radius 3 is 2.29 bits per heavy atom. The summed E-state index contributed by atoms with van der Waals surface area (Å²) < 4.78 is 1.97. The van der Waals surface area contributed by atoms with Gasteiger partial charge in [-0.05, 0) is 28.8 Å². The number of carbonyl (C=O) groups excluding carboxylic acids is 2. The summed E-state index contributed by atoms with van der Waals surface area (Å²) in [6, 6.07) is 31.5. The number of fused-ring (bicyclic) bond motifs is 2. The van der Waals surface area contributed by atoms with Crippen LogP contribution in [0.5, 0.6) is 5.75 Å². The molecule has 0 spiro atoms. The molecule has 0 bridgehead atoms. The second-order valence-electron chi connectivity index (χ2n) is 12.3. The van der Waals surface area contributed by atoms with Gasteiger partial charge in [0.25, 0.3) is 0 Å². The minimum atomic E-state index is -1.22. The van der Waals surface area contributed by atoms with Crippen molar-refractivity contribution in [3.05, 3.63) is 132 Å². The van der Waals surface area contributed by atoms with Crippen molar-refractivity contribution in [1.29, 1.82) is 0 Å². The molecule has 0 aliphatic carbocycles. The zero-order valence-corrected chi connectivity index (χ0v) is 26.8. The van der Waals surface area contributed by atoms with E-state index >= 15 is 0 Å². The van der Waals surface area contributed by atoms with Crippen molar-refractivity contribution in [2.75, 3.05) is 19.6 Å². The predicted octanol–water partition coefficient (Wildman–Crippen LogP) is 4.96. The Labute approximate surface area is 283 Å². The van der Waals surface area contributed by atoms with Gasteiger partial charge in [0.15, 0.2) is 0 Å². The van der Waals surface area contributed by atoms with E-state index in [-0.39, 0.29) is 50.2 Å². The smallest absolute Gasteiger partial charge is 0.424 e. The molecule has 2 aliphatic rings. The fourth-order valence-electron chi connectivity index (χ4n) is 7.01. The Morgan fingerprint density at radius 2 is 1.59 bits per heavy atom. The maximum Gasteiger partial charge on any atom is 0.424 e. The quantitative estimate of drug-likeness (QED) is 0.215. The molecule has 2 N–H and O–H groups in total. The maximum atomic E-state index is 14.5. The average molecular weight is 657 g/mol. The van der Waals surface area contributed by atoms with Crippen LogP contribution in [0.2, 0.25) is 0 Å². The number of rotatable bonds is 9. The van der Waals surface area contributed by atoms with Crippen LogP contribution in [-0.2, 0) is 29.1 Å². The van der Waals surface area contributed by atoms with Crippen LogP contribution in [0.1, 0.15) is 16.7 Å². The van der Waals surface area contributed by atoms with Crippen LogP contribution in [0, 0.1) is 0 Å². The van der Waals surface area contributed by atoms with Gasteiger partial charge in [0.05, 0.1) is 25.2 Å². The first-order valence-electron chi connectivity index (χ1n) is 16.2. The first-order chi connectivity index (χ1) is 23.8. The molecular formula is C38H36N6O5. The summed E-state index contributed by atoms with van der Waals surface area (Å²) in [4.78, 5) is 44.0. The van der Waals surface area contributed by atoms with Crippen LogP contribution in [0.15, 0.2) is 116 Å². The molecule has 3 heterocycles. The number of amides is 3. The third kappa shape index (κ3) is 6.12. The highest BCUT2D eigenvalue weighted by atomic mass is 16.4. The lowest BCUT2D eigenvalue weighted by atomic mass is 9.98. The second kappa shape index (κ2) is 13.3. The van der Waals surface area contributed by atoms with Crippen molar-refractivity contribution < 1.29 is 24.6 Å². The molecule has 248 valence electrons. The van der Waals surface area contributed by atoms with Gasteiger partial charge in [-0.25, -0.2) is 14.8 Å². The summed E-state index contributed by atoms with van der Waals surface area (Å²) in [5.41, 5.74) is 5.31. The molecule has 7 rings (SSSR count). The first-order valence-corrected chi connectivity index (χ1v) is 16.2. The number of phenolic OH excluding ortho intramolecular Hbond substituents is 1. The van der Waals surface area contributed by atoms with E-state index in [9.17, 15) is 24.6 Å². The van der Waals surface area contributed by atoms with Crippen molar-refractivity contribution in [3.8, 4) is 17.0 Å². The molecule has 0 radical (unpaired) electrons. The van der Waals surface area contributed by atoms with Gasteiger partial charge < -0.3 is 20.0 Å². The summed E-state index contributed by atoms with van der Waals surface area (Å²) in [7, 11) is 0. The lowest BCUT2D eigenvalue weighted by molar-refractivity contribution is -0.192. The molecule has 11 nitrogen and oxygen atoms in total. The van der Waals surface area contributed by atoms with E-state index in [0.717, 1.165) is 43.9 Å². The third-order valence-electron chi connectivity index (χ3n) is 9.17. The zero-order valence-electron chi connectivity index (χ0n) is 26.8. The van der Waals surface area contributed by atoms with E-state index in [1.54, 1.807) is 23.1 Å². The summed E-state index contributed by atoms with van der Waals surface area (Å²) in [6.07, 6.45) is -0.470. The van der Waals surface area contributed by atoms with Crippen LogP contribution >= 0.6 is 0 Å². The SMILES string of the molecule is C=CCN1CC(=O)N2[C@@H](Cc3ccc(O)cc3)C(=O)N(Cc3cccc4c(-c5ccccc5)nn(Cc5ccccc5)c34)C[C@@H]2N1C(=O)O. The number of carbonyl (C=O) groups is 3. The second-order valence-corrected chi connectivity index (χ2v) is 12.3. The van der Waals surface area contributed by atoms with E-state index < -0.39 is 18.3 Å². The van der Waals surface area contributed by atoms with Gasteiger partial charge in [-0.3, -0.25) is 14.3 Å². The van der Waals surface area contributed by atoms with E-state index in [0.29, 0.717) is 6.54 Å².